The summed E-state index contributed by atoms with van der Waals surface area (Å²) < 4.78 is 0. The first-order chi connectivity index (χ1) is 10.0. The number of carboxylic acids is 1. The molecular weight excluding hydrogens is 286 g/mol. The molecule has 1 heterocycles. The molecule has 5 heteroatoms. The van der Waals surface area contributed by atoms with E-state index in [4.69, 9.17) is 0 Å². The van der Waals surface area contributed by atoms with Gasteiger partial charge in [-0.1, -0.05) is 19.3 Å². The van der Waals surface area contributed by atoms with Gasteiger partial charge in [0.1, 0.15) is 0 Å². The summed E-state index contributed by atoms with van der Waals surface area (Å²) in [6, 6.07) is 2.08. The number of nitrogens with one attached hydrogen (secondary N) is 1. The first-order valence-corrected chi connectivity index (χ1v) is 8.50. The standard InChI is InChI=1S/C16H23NO3S/c1-12(9-13-5-8-21-11-13)17-14(18)10-16(15(19)20)6-3-2-4-7-16/h5,8,11-12H,2-4,6-7,9-10H2,1H3,(H,17,18)(H,19,20). The number of aliphatic carboxylic acids is 1. The van der Waals surface area contributed by atoms with Crippen LogP contribution in [0, 0.1) is 5.41 Å². The van der Waals surface area contributed by atoms with Crippen molar-refractivity contribution in [1.82, 2.24) is 5.32 Å². The van der Waals surface area contributed by atoms with Crippen molar-refractivity contribution in [3.8, 4) is 0 Å². The highest BCUT2D eigenvalue weighted by atomic mass is 32.1. The lowest BCUT2D eigenvalue weighted by atomic mass is 9.71. The molecule has 1 fully saturated rings. The lowest BCUT2D eigenvalue weighted by Gasteiger charge is -2.32. The summed E-state index contributed by atoms with van der Waals surface area (Å²) in [5.41, 5.74) is 0.364. The summed E-state index contributed by atoms with van der Waals surface area (Å²) in [5.74, 6) is -0.954. The third-order valence-corrected chi connectivity index (χ3v) is 5.02. The van der Waals surface area contributed by atoms with E-state index < -0.39 is 11.4 Å². The molecule has 1 unspecified atom stereocenters. The maximum atomic E-state index is 12.2. The monoisotopic (exact) mass is 309 g/mol. The Labute approximate surface area is 129 Å². The molecular formula is C16H23NO3S. The number of carbonyl (C=O) groups is 2. The Bertz CT molecular complexity index is 478. The van der Waals surface area contributed by atoms with E-state index in [9.17, 15) is 14.7 Å². The van der Waals surface area contributed by atoms with Gasteiger partial charge in [-0.25, -0.2) is 0 Å². The van der Waals surface area contributed by atoms with Crippen molar-refractivity contribution in [1.29, 1.82) is 0 Å². The molecule has 1 aliphatic rings. The molecule has 0 radical (unpaired) electrons. The van der Waals surface area contributed by atoms with E-state index in [1.165, 1.54) is 5.56 Å². The van der Waals surface area contributed by atoms with Crippen LogP contribution in [0.5, 0.6) is 0 Å². The summed E-state index contributed by atoms with van der Waals surface area (Å²) in [4.78, 5) is 23.8. The molecule has 1 aromatic heterocycles. The van der Waals surface area contributed by atoms with Crippen molar-refractivity contribution in [3.05, 3.63) is 22.4 Å². The fourth-order valence-corrected chi connectivity index (χ4v) is 3.82. The van der Waals surface area contributed by atoms with Gasteiger partial charge >= 0.3 is 5.97 Å². The van der Waals surface area contributed by atoms with Crippen molar-refractivity contribution in [2.24, 2.45) is 5.41 Å². The van der Waals surface area contributed by atoms with Crippen molar-refractivity contribution < 1.29 is 14.7 Å². The predicted molar refractivity (Wildman–Crippen MR) is 83.4 cm³/mol. The molecule has 1 aromatic rings. The van der Waals surface area contributed by atoms with Crippen LogP contribution in [-0.4, -0.2) is 23.0 Å². The van der Waals surface area contributed by atoms with Crippen molar-refractivity contribution >= 4 is 23.2 Å². The van der Waals surface area contributed by atoms with Gasteiger partial charge in [-0.3, -0.25) is 9.59 Å². The molecule has 2 N–H and O–H groups in total. The number of carboxylic acid groups (broad SMARTS) is 1. The molecule has 1 amide bonds. The average molecular weight is 309 g/mol. The zero-order valence-electron chi connectivity index (χ0n) is 12.4. The quantitative estimate of drug-likeness (QED) is 0.848. The van der Waals surface area contributed by atoms with E-state index in [-0.39, 0.29) is 18.4 Å². The Morgan fingerprint density at radius 2 is 2.10 bits per heavy atom. The lowest BCUT2D eigenvalue weighted by molar-refractivity contribution is -0.154. The molecule has 1 aliphatic carbocycles. The Balaban J connectivity index is 1.88. The summed E-state index contributed by atoms with van der Waals surface area (Å²) in [5, 5.41) is 16.5. The lowest BCUT2D eigenvalue weighted by Crippen LogP contribution is -2.42. The molecule has 0 spiro atoms. The van der Waals surface area contributed by atoms with Crippen LogP contribution < -0.4 is 5.32 Å². The highest BCUT2D eigenvalue weighted by Crippen LogP contribution is 2.39. The smallest absolute Gasteiger partial charge is 0.310 e. The maximum absolute atomic E-state index is 12.2. The molecule has 2 rings (SSSR count). The second-order valence-electron chi connectivity index (χ2n) is 6.13. The van der Waals surface area contributed by atoms with E-state index in [2.05, 4.69) is 10.7 Å². The van der Waals surface area contributed by atoms with E-state index >= 15 is 0 Å². The van der Waals surface area contributed by atoms with Crippen LogP contribution >= 0.6 is 11.3 Å². The van der Waals surface area contributed by atoms with E-state index in [0.717, 1.165) is 25.7 Å². The highest BCUT2D eigenvalue weighted by Gasteiger charge is 2.41. The van der Waals surface area contributed by atoms with Crippen LogP contribution in [0.15, 0.2) is 16.8 Å². The van der Waals surface area contributed by atoms with E-state index in [1.807, 2.05) is 18.4 Å². The van der Waals surface area contributed by atoms with Gasteiger partial charge in [-0.05, 0) is 48.6 Å². The van der Waals surface area contributed by atoms with Crippen LogP contribution in [0.3, 0.4) is 0 Å². The number of hydrogen-bond donors (Lipinski definition) is 2. The van der Waals surface area contributed by atoms with Gasteiger partial charge < -0.3 is 10.4 Å². The van der Waals surface area contributed by atoms with Gasteiger partial charge in [-0.15, -0.1) is 0 Å². The van der Waals surface area contributed by atoms with Crippen molar-refractivity contribution in [2.75, 3.05) is 0 Å². The average Bonchev–Trinajstić information content (AvgIpc) is 2.92. The first kappa shape index (κ1) is 16.0. The Kier molecular flexibility index (Phi) is 5.39. The molecule has 0 aromatic carbocycles. The molecule has 0 aliphatic heterocycles. The molecule has 21 heavy (non-hydrogen) atoms. The molecule has 4 nitrogen and oxygen atoms in total. The number of thiophene rings is 1. The van der Waals surface area contributed by atoms with Crippen LogP contribution in [0.2, 0.25) is 0 Å². The van der Waals surface area contributed by atoms with Crippen LogP contribution in [0.4, 0.5) is 0 Å². The number of amides is 1. The van der Waals surface area contributed by atoms with Crippen LogP contribution in [-0.2, 0) is 16.0 Å². The largest absolute Gasteiger partial charge is 0.481 e. The van der Waals surface area contributed by atoms with E-state index in [1.54, 1.807) is 11.3 Å². The second kappa shape index (κ2) is 7.07. The van der Waals surface area contributed by atoms with Gasteiger partial charge in [-0.2, -0.15) is 11.3 Å². The molecule has 1 saturated carbocycles. The topological polar surface area (TPSA) is 66.4 Å². The summed E-state index contributed by atoms with van der Waals surface area (Å²) in [6.07, 6.45) is 5.02. The predicted octanol–water partition coefficient (Wildman–Crippen LogP) is 3.22. The second-order valence-corrected chi connectivity index (χ2v) is 6.91. The molecule has 0 bridgehead atoms. The molecule has 0 saturated heterocycles. The zero-order valence-corrected chi connectivity index (χ0v) is 13.2. The minimum atomic E-state index is -0.843. The highest BCUT2D eigenvalue weighted by molar-refractivity contribution is 7.07. The van der Waals surface area contributed by atoms with E-state index in [0.29, 0.717) is 12.8 Å². The molecule has 1 atom stereocenters. The third kappa shape index (κ3) is 4.30. The van der Waals surface area contributed by atoms with Crippen LogP contribution in [0.25, 0.3) is 0 Å². The van der Waals surface area contributed by atoms with Crippen LogP contribution in [0.1, 0.15) is 51.0 Å². The summed E-state index contributed by atoms with van der Waals surface area (Å²) in [7, 11) is 0. The first-order valence-electron chi connectivity index (χ1n) is 7.56. The van der Waals surface area contributed by atoms with Gasteiger partial charge in [0, 0.05) is 12.5 Å². The minimum absolute atomic E-state index is 0.0292. The van der Waals surface area contributed by atoms with Gasteiger partial charge in [0.15, 0.2) is 0 Å². The number of hydrogen-bond acceptors (Lipinski definition) is 3. The Hall–Kier alpha value is -1.36. The van der Waals surface area contributed by atoms with Gasteiger partial charge in [0.25, 0.3) is 0 Å². The fraction of sp³-hybridized carbons (Fsp3) is 0.625. The zero-order chi connectivity index (χ0) is 15.3. The van der Waals surface area contributed by atoms with Gasteiger partial charge in [0.05, 0.1) is 5.41 Å². The Morgan fingerprint density at radius 1 is 1.38 bits per heavy atom. The van der Waals surface area contributed by atoms with Gasteiger partial charge in [0.2, 0.25) is 5.91 Å². The van der Waals surface area contributed by atoms with Crippen molar-refractivity contribution in [2.45, 2.75) is 57.9 Å². The normalized spacial score (nSPS) is 18.9. The summed E-state index contributed by atoms with van der Waals surface area (Å²) >= 11 is 1.64. The molecule has 116 valence electrons. The third-order valence-electron chi connectivity index (χ3n) is 4.29. The van der Waals surface area contributed by atoms with Crippen molar-refractivity contribution in [3.63, 3.8) is 0 Å². The Morgan fingerprint density at radius 3 is 2.67 bits per heavy atom. The fourth-order valence-electron chi connectivity index (χ4n) is 3.14. The number of carbonyl (C=O) groups excluding carboxylic acids is 1. The minimum Gasteiger partial charge on any atom is -0.481 e. The number of rotatable bonds is 6. The SMILES string of the molecule is CC(Cc1ccsc1)NC(=O)CC1(C(=O)O)CCCCC1. The summed E-state index contributed by atoms with van der Waals surface area (Å²) in [6.45, 7) is 1.96. The maximum Gasteiger partial charge on any atom is 0.310 e.